The van der Waals surface area contributed by atoms with Gasteiger partial charge in [-0.15, -0.1) is 0 Å². The molecule has 3 rings (SSSR count). The molecule has 0 spiro atoms. The van der Waals surface area contributed by atoms with Gasteiger partial charge in [0.15, 0.2) is 0 Å². The average molecular weight is 500 g/mol. The van der Waals surface area contributed by atoms with Gasteiger partial charge in [-0.1, -0.05) is 12.1 Å². The molecule has 0 amide bonds. The number of hydrogen-bond donors (Lipinski definition) is 2. The van der Waals surface area contributed by atoms with Crippen molar-refractivity contribution >= 4 is 11.9 Å². The summed E-state index contributed by atoms with van der Waals surface area (Å²) in [4.78, 5) is 26.7. The van der Waals surface area contributed by atoms with E-state index in [1.165, 1.54) is 0 Å². The van der Waals surface area contributed by atoms with Gasteiger partial charge in [-0.25, -0.2) is 4.79 Å². The molecular formula is C23H27F3N2O7. The number of likely N-dealkylation sites (tertiary alicyclic amines) is 1. The Hall–Kier alpha value is -3.38. The van der Waals surface area contributed by atoms with Crippen molar-refractivity contribution in [2.45, 2.75) is 31.9 Å². The number of benzene rings is 1. The van der Waals surface area contributed by atoms with E-state index in [-0.39, 0.29) is 6.10 Å². The fourth-order valence-corrected chi connectivity index (χ4v) is 3.47. The molecule has 1 fully saturated rings. The Labute approximate surface area is 200 Å². The number of carboxylic acid groups (broad SMARTS) is 2. The number of hydrogen-bond acceptors (Lipinski definition) is 7. The molecule has 1 saturated heterocycles. The zero-order chi connectivity index (χ0) is 26.0. The maximum atomic E-state index is 11.6. The predicted molar refractivity (Wildman–Crippen MR) is 117 cm³/mol. The number of methoxy groups -OCH3 is 2. The highest BCUT2D eigenvalue weighted by Crippen LogP contribution is 2.29. The molecule has 1 aromatic heterocycles. The molecule has 1 aromatic carbocycles. The van der Waals surface area contributed by atoms with Crippen molar-refractivity contribution in [2.75, 3.05) is 27.3 Å². The second kappa shape index (κ2) is 12.9. The first-order valence-corrected chi connectivity index (χ1v) is 10.5. The normalized spacial score (nSPS) is 18.2. The number of aliphatic carboxylic acids is 2. The molecule has 35 heavy (non-hydrogen) atoms. The van der Waals surface area contributed by atoms with Crippen LogP contribution in [0.3, 0.4) is 0 Å². The molecule has 2 atom stereocenters. The Balaban J connectivity index is 0.000000540. The fourth-order valence-electron chi connectivity index (χ4n) is 3.47. The molecule has 0 saturated carbocycles. The highest BCUT2D eigenvalue weighted by Gasteiger charge is 2.38. The average Bonchev–Trinajstić information content (AvgIpc) is 2.83. The van der Waals surface area contributed by atoms with E-state index in [0.717, 1.165) is 23.4 Å². The summed E-state index contributed by atoms with van der Waals surface area (Å²) >= 11 is 0. The lowest BCUT2D eigenvalue weighted by atomic mass is 9.94. The highest BCUT2D eigenvalue weighted by atomic mass is 19.4. The standard InChI is InChI=1S/C21H26N2O5.C2HF3O2/c1-26-17-6-5-16(20(10-17)28-14-15-4-3-8-22-11-15)12-23-9-7-19(27-2)18(13-23)21(24)25;3-2(4,5)1(6)7/h3-6,8,10-11,18-19H,7,9,12-14H2,1-2H3,(H,24,25);(H,6,7). The monoisotopic (exact) mass is 500 g/mol. The molecule has 0 bridgehead atoms. The van der Waals surface area contributed by atoms with Crippen LogP contribution < -0.4 is 9.47 Å². The Kier molecular flexibility index (Phi) is 10.3. The topological polar surface area (TPSA) is 118 Å². The maximum absolute atomic E-state index is 11.6. The van der Waals surface area contributed by atoms with Crippen LogP contribution >= 0.6 is 0 Å². The van der Waals surface area contributed by atoms with Crippen LogP contribution in [-0.4, -0.2) is 71.6 Å². The van der Waals surface area contributed by atoms with Crippen LogP contribution in [0.1, 0.15) is 17.5 Å². The first-order valence-electron chi connectivity index (χ1n) is 10.5. The number of rotatable bonds is 8. The van der Waals surface area contributed by atoms with E-state index in [1.807, 2.05) is 30.3 Å². The zero-order valence-electron chi connectivity index (χ0n) is 19.2. The van der Waals surface area contributed by atoms with Gasteiger partial charge in [-0.2, -0.15) is 13.2 Å². The molecule has 0 radical (unpaired) electrons. The molecular weight excluding hydrogens is 473 g/mol. The van der Waals surface area contributed by atoms with Gasteiger partial charge in [0.2, 0.25) is 0 Å². The van der Waals surface area contributed by atoms with Crippen molar-refractivity contribution in [1.29, 1.82) is 0 Å². The van der Waals surface area contributed by atoms with E-state index >= 15 is 0 Å². The van der Waals surface area contributed by atoms with Gasteiger partial charge in [0.25, 0.3) is 0 Å². The summed E-state index contributed by atoms with van der Waals surface area (Å²) < 4.78 is 48.5. The van der Waals surface area contributed by atoms with E-state index in [9.17, 15) is 23.1 Å². The third-order valence-corrected chi connectivity index (χ3v) is 5.28. The number of carbonyl (C=O) groups is 2. The SMILES string of the molecule is COc1ccc(CN2CCC(OC)C(C(=O)O)C2)c(OCc2cccnc2)c1.O=C(O)C(F)(F)F. The van der Waals surface area contributed by atoms with E-state index < -0.39 is 24.0 Å². The van der Waals surface area contributed by atoms with Gasteiger partial charge in [0.05, 0.1) is 19.1 Å². The fraction of sp³-hybridized carbons (Fsp3) is 0.435. The lowest BCUT2D eigenvalue weighted by Gasteiger charge is -2.35. The molecule has 9 nitrogen and oxygen atoms in total. The molecule has 2 aromatic rings. The lowest BCUT2D eigenvalue weighted by Crippen LogP contribution is -2.46. The second-order valence-corrected chi connectivity index (χ2v) is 7.67. The van der Waals surface area contributed by atoms with Crippen LogP contribution in [0, 0.1) is 5.92 Å². The van der Waals surface area contributed by atoms with Crippen LogP contribution in [0.15, 0.2) is 42.7 Å². The molecule has 2 unspecified atom stereocenters. The van der Waals surface area contributed by atoms with Gasteiger partial charge in [0.1, 0.15) is 18.1 Å². The van der Waals surface area contributed by atoms with E-state index in [1.54, 1.807) is 26.6 Å². The zero-order valence-corrected chi connectivity index (χ0v) is 19.2. The summed E-state index contributed by atoms with van der Waals surface area (Å²) in [7, 11) is 3.19. The Morgan fingerprint density at radius 3 is 2.46 bits per heavy atom. The number of halogens is 3. The van der Waals surface area contributed by atoms with Crippen molar-refractivity contribution in [3.63, 3.8) is 0 Å². The van der Waals surface area contributed by atoms with Crippen LogP contribution in [0.5, 0.6) is 11.5 Å². The van der Waals surface area contributed by atoms with Gasteiger partial charge < -0.3 is 24.4 Å². The summed E-state index contributed by atoms with van der Waals surface area (Å²) in [5, 5.41) is 16.6. The van der Waals surface area contributed by atoms with Crippen LogP contribution in [0.2, 0.25) is 0 Å². The van der Waals surface area contributed by atoms with E-state index in [2.05, 4.69) is 9.88 Å². The minimum atomic E-state index is -5.08. The number of carboxylic acids is 2. The van der Waals surface area contributed by atoms with Crippen molar-refractivity contribution < 1.29 is 47.2 Å². The van der Waals surface area contributed by atoms with Gasteiger partial charge in [0, 0.05) is 56.3 Å². The molecule has 0 aliphatic carbocycles. The van der Waals surface area contributed by atoms with Crippen LogP contribution in [-0.2, 0) is 27.5 Å². The largest absolute Gasteiger partial charge is 0.497 e. The lowest BCUT2D eigenvalue weighted by molar-refractivity contribution is -0.192. The Morgan fingerprint density at radius 1 is 1.20 bits per heavy atom. The van der Waals surface area contributed by atoms with Crippen molar-refractivity contribution in [3.05, 3.63) is 53.9 Å². The number of nitrogens with zero attached hydrogens (tertiary/aromatic N) is 2. The quantitative estimate of drug-likeness (QED) is 0.563. The number of aromatic nitrogens is 1. The van der Waals surface area contributed by atoms with E-state index in [0.29, 0.717) is 31.9 Å². The van der Waals surface area contributed by atoms with Crippen molar-refractivity contribution in [3.8, 4) is 11.5 Å². The number of piperidine rings is 1. The van der Waals surface area contributed by atoms with Crippen LogP contribution in [0.4, 0.5) is 13.2 Å². The molecule has 12 heteroatoms. The summed E-state index contributed by atoms with van der Waals surface area (Å²) in [6.45, 7) is 2.22. The third kappa shape index (κ3) is 8.72. The molecule has 2 N–H and O–H groups in total. The van der Waals surface area contributed by atoms with Crippen molar-refractivity contribution in [2.24, 2.45) is 5.92 Å². The summed E-state index contributed by atoms with van der Waals surface area (Å²) in [6, 6.07) is 9.55. The minimum absolute atomic E-state index is 0.245. The van der Waals surface area contributed by atoms with Gasteiger partial charge in [-0.3, -0.25) is 14.7 Å². The summed E-state index contributed by atoms with van der Waals surface area (Å²) in [6.07, 6.45) is -1.14. The second-order valence-electron chi connectivity index (χ2n) is 7.67. The van der Waals surface area contributed by atoms with Crippen molar-refractivity contribution in [1.82, 2.24) is 9.88 Å². The Bertz CT molecular complexity index is 973. The minimum Gasteiger partial charge on any atom is -0.497 e. The summed E-state index contributed by atoms with van der Waals surface area (Å²) in [5.41, 5.74) is 1.97. The van der Waals surface area contributed by atoms with Gasteiger partial charge >= 0.3 is 18.1 Å². The molecule has 2 heterocycles. The van der Waals surface area contributed by atoms with E-state index in [4.69, 9.17) is 24.1 Å². The van der Waals surface area contributed by atoms with Crippen LogP contribution in [0.25, 0.3) is 0 Å². The first-order chi connectivity index (χ1) is 16.5. The third-order valence-electron chi connectivity index (χ3n) is 5.28. The Morgan fingerprint density at radius 2 is 1.91 bits per heavy atom. The highest BCUT2D eigenvalue weighted by molar-refractivity contribution is 5.73. The molecule has 1 aliphatic heterocycles. The first kappa shape index (κ1) is 27.9. The molecule has 1 aliphatic rings. The van der Waals surface area contributed by atoms with Gasteiger partial charge in [-0.05, 0) is 18.6 Å². The smallest absolute Gasteiger partial charge is 0.490 e. The number of ether oxygens (including phenoxy) is 3. The number of alkyl halides is 3. The summed E-state index contributed by atoms with van der Waals surface area (Å²) in [5.74, 6) is -2.67. The predicted octanol–water partition coefficient (Wildman–Crippen LogP) is 3.22. The maximum Gasteiger partial charge on any atom is 0.490 e. The number of pyridine rings is 1. The molecule has 192 valence electrons.